The molecule has 0 aliphatic rings. The van der Waals surface area contributed by atoms with E-state index >= 15 is 0 Å². The Morgan fingerprint density at radius 1 is 1.28 bits per heavy atom. The van der Waals surface area contributed by atoms with Crippen LogP contribution >= 0.6 is 11.6 Å². The van der Waals surface area contributed by atoms with Crippen LogP contribution in [-0.4, -0.2) is 11.1 Å². The van der Waals surface area contributed by atoms with E-state index in [4.69, 9.17) is 16.7 Å². The summed E-state index contributed by atoms with van der Waals surface area (Å²) in [6, 6.07) is 4.09. The monoisotopic (exact) mass is 268 g/mol. The van der Waals surface area contributed by atoms with Crippen LogP contribution in [0, 0.1) is 19.3 Å². The second-order valence-corrected chi connectivity index (χ2v) is 6.17. The lowest BCUT2D eigenvalue weighted by Gasteiger charge is -2.22. The summed E-state index contributed by atoms with van der Waals surface area (Å²) < 4.78 is 0. The first-order chi connectivity index (χ1) is 8.21. The van der Waals surface area contributed by atoms with Gasteiger partial charge in [0.1, 0.15) is 0 Å². The van der Waals surface area contributed by atoms with Crippen LogP contribution in [0.15, 0.2) is 12.1 Å². The molecule has 0 fully saturated rings. The molecule has 0 heterocycles. The van der Waals surface area contributed by atoms with Gasteiger partial charge >= 0.3 is 5.97 Å². The van der Waals surface area contributed by atoms with Crippen molar-refractivity contribution in [1.29, 1.82) is 0 Å². The zero-order valence-electron chi connectivity index (χ0n) is 11.5. The van der Waals surface area contributed by atoms with Crippen LogP contribution in [0.5, 0.6) is 0 Å². The lowest BCUT2D eigenvalue weighted by atomic mass is 9.82. The zero-order valence-corrected chi connectivity index (χ0v) is 12.3. The molecule has 2 nitrogen and oxygen atoms in total. The first-order valence-electron chi connectivity index (χ1n) is 6.19. The van der Waals surface area contributed by atoms with Gasteiger partial charge in [0.05, 0.1) is 6.42 Å². The van der Waals surface area contributed by atoms with Crippen LogP contribution in [0.2, 0.25) is 5.02 Å². The van der Waals surface area contributed by atoms with Gasteiger partial charge in [-0.05, 0) is 54.9 Å². The molecule has 0 radical (unpaired) electrons. The summed E-state index contributed by atoms with van der Waals surface area (Å²) in [4.78, 5) is 10.8. The van der Waals surface area contributed by atoms with Gasteiger partial charge in [-0.25, -0.2) is 0 Å². The molecule has 0 aliphatic heterocycles. The molecular formula is C15H21ClO2. The second kappa shape index (κ2) is 5.75. The molecule has 0 unspecified atom stereocenters. The third kappa shape index (κ3) is 4.34. The highest BCUT2D eigenvalue weighted by atomic mass is 35.5. The number of aliphatic carboxylic acids is 1. The molecule has 0 spiro atoms. The fourth-order valence-corrected chi connectivity index (χ4v) is 2.30. The minimum atomic E-state index is -0.732. The van der Waals surface area contributed by atoms with Gasteiger partial charge in [-0.1, -0.05) is 31.5 Å². The van der Waals surface area contributed by atoms with Crippen LogP contribution in [0.4, 0.5) is 0 Å². The Hall–Kier alpha value is -1.02. The highest BCUT2D eigenvalue weighted by Gasteiger charge is 2.21. The predicted molar refractivity (Wildman–Crippen MR) is 75.3 cm³/mol. The second-order valence-electron chi connectivity index (χ2n) is 5.76. The molecule has 1 aromatic carbocycles. The summed E-state index contributed by atoms with van der Waals surface area (Å²) in [5.41, 5.74) is 3.34. The predicted octanol–water partition coefficient (Wildman–Crippen LogP) is 4.39. The van der Waals surface area contributed by atoms with Crippen molar-refractivity contribution < 1.29 is 9.90 Å². The van der Waals surface area contributed by atoms with Gasteiger partial charge in [0.25, 0.3) is 0 Å². The molecule has 1 aromatic rings. The molecule has 0 aromatic heterocycles. The van der Waals surface area contributed by atoms with E-state index in [1.807, 2.05) is 33.8 Å². The Balaban J connectivity index is 2.74. The number of carboxylic acids is 1. The SMILES string of the molecule is Cc1cc(CCC(C)(C)CC(=O)O)c(C)cc1Cl. The number of hydrogen-bond acceptors (Lipinski definition) is 1. The average Bonchev–Trinajstić information content (AvgIpc) is 2.19. The van der Waals surface area contributed by atoms with Crippen molar-refractivity contribution in [2.75, 3.05) is 0 Å². The van der Waals surface area contributed by atoms with Crippen LogP contribution in [0.1, 0.15) is 43.4 Å². The van der Waals surface area contributed by atoms with Crippen molar-refractivity contribution in [3.8, 4) is 0 Å². The normalized spacial score (nSPS) is 11.6. The smallest absolute Gasteiger partial charge is 0.303 e. The average molecular weight is 269 g/mol. The first kappa shape index (κ1) is 15.0. The lowest BCUT2D eigenvalue weighted by Crippen LogP contribution is -2.17. The molecule has 0 saturated heterocycles. The fraction of sp³-hybridized carbons (Fsp3) is 0.533. The van der Waals surface area contributed by atoms with Gasteiger partial charge in [0.15, 0.2) is 0 Å². The van der Waals surface area contributed by atoms with Gasteiger partial charge in [-0.3, -0.25) is 4.79 Å². The van der Waals surface area contributed by atoms with E-state index < -0.39 is 5.97 Å². The molecule has 0 atom stereocenters. The van der Waals surface area contributed by atoms with E-state index in [0.717, 1.165) is 23.4 Å². The van der Waals surface area contributed by atoms with Crippen LogP contribution < -0.4 is 0 Å². The lowest BCUT2D eigenvalue weighted by molar-refractivity contribution is -0.139. The van der Waals surface area contributed by atoms with E-state index in [1.165, 1.54) is 11.1 Å². The Bertz CT molecular complexity index is 450. The summed E-state index contributed by atoms with van der Waals surface area (Å²) in [5.74, 6) is -0.732. The van der Waals surface area contributed by atoms with Crippen LogP contribution in [0.3, 0.4) is 0 Å². The topological polar surface area (TPSA) is 37.3 Å². The molecule has 0 amide bonds. The van der Waals surface area contributed by atoms with Gasteiger partial charge in [-0.2, -0.15) is 0 Å². The quantitative estimate of drug-likeness (QED) is 0.860. The van der Waals surface area contributed by atoms with Gasteiger partial charge in [0.2, 0.25) is 0 Å². The Morgan fingerprint density at radius 3 is 2.44 bits per heavy atom. The van der Waals surface area contributed by atoms with Crippen molar-refractivity contribution in [2.24, 2.45) is 5.41 Å². The zero-order chi connectivity index (χ0) is 13.9. The number of rotatable bonds is 5. The molecule has 0 bridgehead atoms. The van der Waals surface area contributed by atoms with Crippen LogP contribution in [0.25, 0.3) is 0 Å². The first-order valence-corrected chi connectivity index (χ1v) is 6.56. The van der Waals surface area contributed by atoms with Crippen molar-refractivity contribution in [3.63, 3.8) is 0 Å². The molecule has 3 heteroatoms. The molecule has 0 saturated carbocycles. The van der Waals surface area contributed by atoms with Gasteiger partial charge < -0.3 is 5.11 Å². The molecular weight excluding hydrogens is 248 g/mol. The van der Waals surface area contributed by atoms with Gasteiger partial charge in [-0.15, -0.1) is 0 Å². The Labute approximate surface area is 114 Å². The molecule has 100 valence electrons. The van der Waals surface area contributed by atoms with E-state index in [-0.39, 0.29) is 11.8 Å². The minimum absolute atomic E-state index is 0.175. The van der Waals surface area contributed by atoms with E-state index in [2.05, 4.69) is 6.07 Å². The van der Waals surface area contributed by atoms with E-state index in [0.29, 0.717) is 0 Å². The van der Waals surface area contributed by atoms with Crippen molar-refractivity contribution in [2.45, 2.75) is 47.0 Å². The number of hydrogen-bond donors (Lipinski definition) is 1. The maximum absolute atomic E-state index is 10.8. The number of halogens is 1. The molecule has 18 heavy (non-hydrogen) atoms. The molecule has 0 aliphatic carbocycles. The largest absolute Gasteiger partial charge is 0.481 e. The van der Waals surface area contributed by atoms with Crippen molar-refractivity contribution >= 4 is 17.6 Å². The van der Waals surface area contributed by atoms with Crippen molar-refractivity contribution in [1.82, 2.24) is 0 Å². The number of carboxylic acid groups (broad SMARTS) is 1. The number of aryl methyl sites for hydroxylation is 3. The van der Waals surface area contributed by atoms with E-state index in [9.17, 15) is 4.79 Å². The fourth-order valence-electron chi connectivity index (χ4n) is 2.08. The highest BCUT2D eigenvalue weighted by molar-refractivity contribution is 6.31. The third-order valence-corrected chi connectivity index (χ3v) is 3.73. The third-order valence-electron chi connectivity index (χ3n) is 3.32. The number of benzene rings is 1. The summed E-state index contributed by atoms with van der Waals surface area (Å²) in [5, 5.41) is 9.66. The van der Waals surface area contributed by atoms with Crippen molar-refractivity contribution in [3.05, 3.63) is 33.8 Å². The summed E-state index contributed by atoms with van der Waals surface area (Å²) >= 11 is 6.07. The summed E-state index contributed by atoms with van der Waals surface area (Å²) in [7, 11) is 0. The maximum atomic E-state index is 10.8. The highest BCUT2D eigenvalue weighted by Crippen LogP contribution is 2.29. The van der Waals surface area contributed by atoms with E-state index in [1.54, 1.807) is 0 Å². The standard InChI is InChI=1S/C15H21ClO2/c1-10-8-13(16)11(2)7-12(10)5-6-15(3,4)9-14(17)18/h7-8H,5-6,9H2,1-4H3,(H,17,18). The molecule has 1 N–H and O–H groups in total. The maximum Gasteiger partial charge on any atom is 0.303 e. The Morgan fingerprint density at radius 2 is 1.89 bits per heavy atom. The van der Waals surface area contributed by atoms with Crippen LogP contribution in [-0.2, 0) is 11.2 Å². The molecule has 1 rings (SSSR count). The minimum Gasteiger partial charge on any atom is -0.481 e. The number of carbonyl (C=O) groups is 1. The Kier molecular flexibility index (Phi) is 4.80. The summed E-state index contributed by atoms with van der Waals surface area (Å²) in [6.45, 7) is 8.04. The van der Waals surface area contributed by atoms with Gasteiger partial charge in [0, 0.05) is 5.02 Å². The summed E-state index contributed by atoms with van der Waals surface area (Å²) in [6.07, 6.45) is 1.96.